The topological polar surface area (TPSA) is 67.9 Å². The number of likely N-dealkylation sites (tertiary alicyclic amines) is 1. The van der Waals surface area contributed by atoms with E-state index >= 15 is 0 Å². The standard InChI is InChI=1S/C23H26Cl2N2O4S/c1-30-20-11-17(23(29)27-8-4-3-5-9-27)19(12-21(20)31-2)26-22(28)14-32-13-15-6-7-16(24)10-18(15)25/h6-7,10-12H,3-5,8-9,13-14H2,1-2H3,(H,26,28). The monoisotopic (exact) mass is 496 g/mol. The minimum atomic E-state index is -0.222. The van der Waals surface area contributed by atoms with Crippen molar-refractivity contribution in [3.8, 4) is 11.5 Å². The largest absolute Gasteiger partial charge is 0.493 e. The molecule has 0 unspecified atom stereocenters. The van der Waals surface area contributed by atoms with E-state index in [0.717, 1.165) is 24.8 Å². The molecule has 172 valence electrons. The van der Waals surface area contributed by atoms with Crippen LogP contribution in [0.2, 0.25) is 10.0 Å². The summed E-state index contributed by atoms with van der Waals surface area (Å²) in [5.74, 6) is 1.30. The van der Waals surface area contributed by atoms with Gasteiger partial charge >= 0.3 is 0 Å². The second-order valence-corrected chi connectivity index (χ2v) is 9.21. The van der Waals surface area contributed by atoms with Gasteiger partial charge < -0.3 is 19.7 Å². The second kappa shape index (κ2) is 11.7. The molecule has 1 saturated heterocycles. The molecule has 0 aliphatic carbocycles. The Bertz CT molecular complexity index is 981. The molecule has 0 bridgehead atoms. The number of carbonyl (C=O) groups is 2. The minimum absolute atomic E-state index is 0.124. The lowest BCUT2D eigenvalue weighted by Crippen LogP contribution is -2.36. The van der Waals surface area contributed by atoms with Crippen molar-refractivity contribution >= 4 is 52.5 Å². The first-order valence-electron chi connectivity index (χ1n) is 10.3. The van der Waals surface area contributed by atoms with Crippen molar-refractivity contribution in [2.45, 2.75) is 25.0 Å². The highest BCUT2D eigenvalue weighted by atomic mass is 35.5. The lowest BCUT2D eigenvalue weighted by atomic mass is 10.1. The van der Waals surface area contributed by atoms with Gasteiger partial charge in [0.05, 0.1) is 31.2 Å². The summed E-state index contributed by atoms with van der Waals surface area (Å²) in [4.78, 5) is 27.7. The van der Waals surface area contributed by atoms with E-state index in [1.165, 1.54) is 26.0 Å². The Morgan fingerprint density at radius 3 is 2.38 bits per heavy atom. The number of anilines is 1. The average molecular weight is 497 g/mol. The predicted octanol–water partition coefficient (Wildman–Crippen LogP) is 5.51. The Labute approximate surface area is 202 Å². The van der Waals surface area contributed by atoms with Crippen molar-refractivity contribution in [1.29, 1.82) is 0 Å². The molecule has 2 amide bonds. The van der Waals surface area contributed by atoms with Crippen LogP contribution in [0.25, 0.3) is 0 Å². The first kappa shape index (κ1) is 24.6. The van der Waals surface area contributed by atoms with Crippen molar-refractivity contribution in [2.24, 2.45) is 0 Å². The highest BCUT2D eigenvalue weighted by Gasteiger charge is 2.24. The van der Waals surface area contributed by atoms with Crippen LogP contribution < -0.4 is 14.8 Å². The van der Waals surface area contributed by atoms with Gasteiger partial charge in [0.15, 0.2) is 11.5 Å². The number of ether oxygens (including phenoxy) is 2. The van der Waals surface area contributed by atoms with E-state index in [2.05, 4.69) is 5.32 Å². The number of hydrogen-bond acceptors (Lipinski definition) is 5. The van der Waals surface area contributed by atoms with E-state index < -0.39 is 0 Å². The van der Waals surface area contributed by atoms with E-state index in [1.807, 2.05) is 11.0 Å². The maximum atomic E-state index is 13.2. The van der Waals surface area contributed by atoms with Gasteiger partial charge in [0.25, 0.3) is 5.91 Å². The SMILES string of the molecule is COc1cc(NC(=O)CSCc2ccc(Cl)cc2Cl)c(C(=O)N2CCCCC2)cc1OC. The van der Waals surface area contributed by atoms with Crippen LogP contribution in [0.5, 0.6) is 11.5 Å². The fourth-order valence-electron chi connectivity index (χ4n) is 3.51. The van der Waals surface area contributed by atoms with Crippen molar-refractivity contribution in [3.63, 3.8) is 0 Å². The van der Waals surface area contributed by atoms with Crippen LogP contribution in [0.4, 0.5) is 5.69 Å². The second-order valence-electron chi connectivity index (χ2n) is 7.38. The molecular formula is C23H26Cl2N2O4S. The number of amides is 2. The minimum Gasteiger partial charge on any atom is -0.493 e. The van der Waals surface area contributed by atoms with Gasteiger partial charge in [-0.1, -0.05) is 29.3 Å². The summed E-state index contributed by atoms with van der Waals surface area (Å²) in [7, 11) is 3.03. The van der Waals surface area contributed by atoms with Crippen LogP contribution in [0, 0.1) is 0 Å². The van der Waals surface area contributed by atoms with Gasteiger partial charge in [-0.15, -0.1) is 11.8 Å². The van der Waals surface area contributed by atoms with Crippen molar-refractivity contribution in [2.75, 3.05) is 38.4 Å². The molecule has 0 radical (unpaired) electrons. The molecular weight excluding hydrogens is 471 g/mol. The maximum Gasteiger partial charge on any atom is 0.256 e. The predicted molar refractivity (Wildman–Crippen MR) is 131 cm³/mol. The molecule has 1 aliphatic heterocycles. The summed E-state index contributed by atoms with van der Waals surface area (Å²) in [6, 6.07) is 8.56. The fourth-order valence-corrected chi connectivity index (χ4v) is 4.89. The van der Waals surface area contributed by atoms with Crippen LogP contribution in [-0.2, 0) is 10.5 Å². The number of carbonyl (C=O) groups excluding carboxylic acids is 2. The molecule has 1 aliphatic rings. The Morgan fingerprint density at radius 1 is 1.03 bits per heavy atom. The lowest BCUT2D eigenvalue weighted by molar-refractivity contribution is -0.113. The number of hydrogen-bond donors (Lipinski definition) is 1. The smallest absolute Gasteiger partial charge is 0.256 e. The van der Waals surface area contributed by atoms with E-state index in [0.29, 0.717) is 51.6 Å². The molecule has 2 aromatic carbocycles. The van der Waals surface area contributed by atoms with Crippen LogP contribution in [0.15, 0.2) is 30.3 Å². The third-order valence-corrected chi connectivity index (χ3v) is 6.75. The summed E-state index contributed by atoms with van der Waals surface area (Å²) in [6.07, 6.45) is 3.07. The van der Waals surface area contributed by atoms with E-state index in [9.17, 15) is 9.59 Å². The number of nitrogens with one attached hydrogen (secondary N) is 1. The Morgan fingerprint density at radius 2 is 1.72 bits per heavy atom. The third-order valence-electron chi connectivity index (χ3n) is 5.18. The van der Waals surface area contributed by atoms with Crippen LogP contribution in [-0.4, -0.2) is 49.8 Å². The molecule has 0 saturated carbocycles. The molecule has 32 heavy (non-hydrogen) atoms. The van der Waals surface area contributed by atoms with Gasteiger partial charge in [-0.3, -0.25) is 9.59 Å². The van der Waals surface area contributed by atoms with Gasteiger partial charge in [-0.05, 0) is 43.0 Å². The van der Waals surface area contributed by atoms with Gasteiger partial charge in [0, 0.05) is 35.0 Å². The molecule has 1 fully saturated rings. The molecule has 0 aromatic heterocycles. The molecule has 6 nitrogen and oxygen atoms in total. The highest BCUT2D eigenvalue weighted by molar-refractivity contribution is 7.99. The summed E-state index contributed by atoms with van der Waals surface area (Å²) >= 11 is 13.6. The van der Waals surface area contributed by atoms with Crippen LogP contribution in [0.1, 0.15) is 35.2 Å². The van der Waals surface area contributed by atoms with Gasteiger partial charge in [0.2, 0.25) is 5.91 Å². The molecule has 9 heteroatoms. The number of methoxy groups -OCH3 is 2. The van der Waals surface area contributed by atoms with Gasteiger partial charge in [0.1, 0.15) is 0 Å². The molecule has 2 aromatic rings. The number of rotatable bonds is 8. The van der Waals surface area contributed by atoms with E-state index in [-0.39, 0.29) is 17.6 Å². The normalized spacial score (nSPS) is 13.6. The first-order chi connectivity index (χ1) is 15.4. The Kier molecular flexibility index (Phi) is 8.96. The van der Waals surface area contributed by atoms with Crippen LogP contribution >= 0.6 is 35.0 Å². The quantitative estimate of drug-likeness (QED) is 0.521. The Balaban J connectivity index is 1.72. The Hall–Kier alpha value is -2.09. The van der Waals surface area contributed by atoms with Crippen molar-refractivity contribution in [3.05, 3.63) is 51.5 Å². The average Bonchev–Trinajstić information content (AvgIpc) is 2.80. The number of halogens is 2. The summed E-state index contributed by atoms with van der Waals surface area (Å²) in [5, 5.41) is 4.01. The highest BCUT2D eigenvalue weighted by Crippen LogP contribution is 2.34. The van der Waals surface area contributed by atoms with Crippen LogP contribution in [0.3, 0.4) is 0 Å². The van der Waals surface area contributed by atoms with Crippen molar-refractivity contribution in [1.82, 2.24) is 4.90 Å². The van der Waals surface area contributed by atoms with E-state index in [1.54, 1.807) is 24.3 Å². The summed E-state index contributed by atoms with van der Waals surface area (Å²) in [6.45, 7) is 1.41. The lowest BCUT2D eigenvalue weighted by Gasteiger charge is -2.28. The first-order valence-corrected chi connectivity index (χ1v) is 12.2. The molecule has 1 heterocycles. The molecule has 1 N–H and O–H groups in total. The maximum absolute atomic E-state index is 13.2. The third kappa shape index (κ3) is 6.24. The zero-order chi connectivity index (χ0) is 23.1. The van der Waals surface area contributed by atoms with Gasteiger partial charge in [-0.25, -0.2) is 0 Å². The number of piperidine rings is 1. The number of nitrogens with zero attached hydrogens (tertiary/aromatic N) is 1. The number of benzene rings is 2. The fraction of sp³-hybridized carbons (Fsp3) is 0.391. The zero-order valence-corrected chi connectivity index (χ0v) is 20.4. The molecule has 0 spiro atoms. The van der Waals surface area contributed by atoms with Crippen molar-refractivity contribution < 1.29 is 19.1 Å². The zero-order valence-electron chi connectivity index (χ0n) is 18.1. The van der Waals surface area contributed by atoms with E-state index in [4.69, 9.17) is 32.7 Å². The summed E-state index contributed by atoms with van der Waals surface area (Å²) < 4.78 is 10.7. The number of thioether (sulfide) groups is 1. The summed E-state index contributed by atoms with van der Waals surface area (Å²) in [5.41, 5.74) is 1.71. The molecule has 0 atom stereocenters. The van der Waals surface area contributed by atoms with Gasteiger partial charge in [-0.2, -0.15) is 0 Å². The molecule has 3 rings (SSSR count).